The first kappa shape index (κ1) is 12.4. The molecule has 0 saturated heterocycles. The number of hydrogen-bond acceptors (Lipinski definition) is 4. The molecule has 0 bridgehead atoms. The van der Waals surface area contributed by atoms with Gasteiger partial charge in [0.2, 0.25) is 0 Å². The average molecular weight is 222 g/mol. The van der Waals surface area contributed by atoms with Crippen LogP contribution >= 0.6 is 0 Å². The topological polar surface area (TPSA) is 80.9 Å². The molecule has 3 N–H and O–H groups in total. The fourth-order valence-corrected chi connectivity index (χ4v) is 1.48. The van der Waals surface area contributed by atoms with E-state index < -0.39 is 5.91 Å². The second kappa shape index (κ2) is 6.05. The summed E-state index contributed by atoms with van der Waals surface area (Å²) < 4.78 is 0. The molecule has 1 heterocycles. The molecule has 0 spiro atoms. The molecule has 1 amide bonds. The highest BCUT2D eigenvalue weighted by atomic mass is 16.1. The summed E-state index contributed by atoms with van der Waals surface area (Å²) in [5, 5.41) is 10.9. The first-order chi connectivity index (χ1) is 7.67. The number of carbonyl (C=O) groups is 1. The van der Waals surface area contributed by atoms with Crippen LogP contribution < -0.4 is 11.1 Å². The van der Waals surface area contributed by atoms with E-state index in [0.717, 1.165) is 19.3 Å². The zero-order chi connectivity index (χ0) is 12.0. The number of nitrogens with two attached hydrogens (primary N) is 1. The van der Waals surface area contributed by atoms with Gasteiger partial charge in [-0.1, -0.05) is 20.3 Å². The lowest BCUT2D eigenvalue weighted by Crippen LogP contribution is -2.20. The Bertz CT molecular complexity index is 336. The monoisotopic (exact) mass is 222 g/mol. The zero-order valence-corrected chi connectivity index (χ0v) is 9.73. The van der Waals surface area contributed by atoms with Crippen molar-refractivity contribution in [3.8, 4) is 0 Å². The molecule has 0 aliphatic heterocycles. The van der Waals surface area contributed by atoms with E-state index in [1.807, 2.05) is 0 Å². The van der Waals surface area contributed by atoms with Crippen LogP contribution in [0.1, 0.15) is 43.6 Å². The van der Waals surface area contributed by atoms with Gasteiger partial charge in [0.05, 0.1) is 0 Å². The Morgan fingerprint density at radius 1 is 1.44 bits per heavy atom. The Morgan fingerprint density at radius 2 is 2.19 bits per heavy atom. The number of nitrogens with zero attached hydrogens (tertiary/aromatic N) is 2. The number of primary amides is 1. The summed E-state index contributed by atoms with van der Waals surface area (Å²) >= 11 is 0. The second-order valence-electron chi connectivity index (χ2n) is 3.71. The smallest absolute Gasteiger partial charge is 0.269 e. The van der Waals surface area contributed by atoms with Gasteiger partial charge in [-0.3, -0.25) is 4.79 Å². The van der Waals surface area contributed by atoms with Gasteiger partial charge in [-0.25, -0.2) is 0 Å². The molecule has 1 unspecified atom stereocenters. The molecular weight excluding hydrogens is 204 g/mol. The normalized spacial score (nSPS) is 12.1. The van der Waals surface area contributed by atoms with Crippen molar-refractivity contribution in [1.29, 1.82) is 0 Å². The van der Waals surface area contributed by atoms with Crippen LogP contribution in [0.3, 0.4) is 0 Å². The maximum absolute atomic E-state index is 10.8. The molecule has 0 aromatic carbocycles. The molecule has 1 rings (SSSR count). The van der Waals surface area contributed by atoms with E-state index in [1.165, 1.54) is 0 Å². The zero-order valence-electron chi connectivity index (χ0n) is 9.73. The maximum Gasteiger partial charge on any atom is 0.269 e. The summed E-state index contributed by atoms with van der Waals surface area (Å²) in [4.78, 5) is 10.8. The van der Waals surface area contributed by atoms with E-state index in [0.29, 0.717) is 11.9 Å². The first-order valence-corrected chi connectivity index (χ1v) is 5.57. The maximum atomic E-state index is 10.8. The van der Waals surface area contributed by atoms with Crippen molar-refractivity contribution in [1.82, 2.24) is 10.2 Å². The lowest BCUT2D eigenvalue weighted by atomic mass is 10.1. The SMILES string of the molecule is CCCC(CC)Nc1ccc(C(N)=O)nn1. The summed E-state index contributed by atoms with van der Waals surface area (Å²) in [6.07, 6.45) is 3.25. The fraction of sp³-hybridized carbons (Fsp3) is 0.545. The van der Waals surface area contributed by atoms with E-state index in [4.69, 9.17) is 5.73 Å². The predicted octanol–water partition coefficient (Wildman–Crippen LogP) is 1.57. The van der Waals surface area contributed by atoms with Crippen LogP contribution in [0.25, 0.3) is 0 Å². The van der Waals surface area contributed by atoms with Gasteiger partial charge in [-0.05, 0) is 25.0 Å². The van der Waals surface area contributed by atoms with Crippen LogP contribution in [-0.4, -0.2) is 22.1 Å². The van der Waals surface area contributed by atoms with Gasteiger partial charge >= 0.3 is 0 Å². The van der Waals surface area contributed by atoms with Gasteiger partial charge in [0.1, 0.15) is 5.82 Å². The van der Waals surface area contributed by atoms with Crippen LogP contribution in [0.4, 0.5) is 5.82 Å². The molecule has 88 valence electrons. The third-order valence-electron chi connectivity index (χ3n) is 2.40. The molecule has 1 aromatic rings. The Kier molecular flexibility index (Phi) is 4.69. The fourth-order valence-electron chi connectivity index (χ4n) is 1.48. The lowest BCUT2D eigenvalue weighted by molar-refractivity contribution is 0.0994. The molecule has 0 aliphatic carbocycles. The molecule has 0 fully saturated rings. The summed E-state index contributed by atoms with van der Waals surface area (Å²) in [7, 11) is 0. The number of rotatable bonds is 6. The van der Waals surface area contributed by atoms with Gasteiger partial charge in [0, 0.05) is 6.04 Å². The van der Waals surface area contributed by atoms with Crippen molar-refractivity contribution in [3.05, 3.63) is 17.8 Å². The van der Waals surface area contributed by atoms with Crippen LogP contribution in [0.2, 0.25) is 0 Å². The Balaban J connectivity index is 2.63. The molecule has 5 heteroatoms. The van der Waals surface area contributed by atoms with Crippen molar-refractivity contribution in [2.45, 2.75) is 39.2 Å². The van der Waals surface area contributed by atoms with Crippen molar-refractivity contribution in [3.63, 3.8) is 0 Å². The molecule has 1 aromatic heterocycles. The number of amides is 1. The summed E-state index contributed by atoms with van der Waals surface area (Å²) in [5.74, 6) is 0.130. The van der Waals surface area contributed by atoms with Crippen LogP contribution in [-0.2, 0) is 0 Å². The molecule has 0 aliphatic rings. The average Bonchev–Trinajstić information content (AvgIpc) is 2.29. The van der Waals surface area contributed by atoms with Crippen molar-refractivity contribution in [2.75, 3.05) is 5.32 Å². The van der Waals surface area contributed by atoms with Gasteiger partial charge in [0.15, 0.2) is 5.69 Å². The Hall–Kier alpha value is -1.65. The Labute approximate surface area is 95.4 Å². The van der Waals surface area contributed by atoms with E-state index >= 15 is 0 Å². The number of anilines is 1. The number of carbonyl (C=O) groups excluding carboxylic acids is 1. The first-order valence-electron chi connectivity index (χ1n) is 5.57. The summed E-state index contributed by atoms with van der Waals surface area (Å²) in [5.41, 5.74) is 5.27. The third kappa shape index (κ3) is 3.49. The van der Waals surface area contributed by atoms with Gasteiger partial charge in [0.25, 0.3) is 5.91 Å². The van der Waals surface area contributed by atoms with E-state index in [1.54, 1.807) is 12.1 Å². The molecule has 0 saturated carbocycles. The van der Waals surface area contributed by atoms with Crippen molar-refractivity contribution >= 4 is 11.7 Å². The number of nitrogens with one attached hydrogen (secondary N) is 1. The molecule has 0 radical (unpaired) electrons. The number of aromatic nitrogens is 2. The molecule has 16 heavy (non-hydrogen) atoms. The minimum Gasteiger partial charge on any atom is -0.366 e. The van der Waals surface area contributed by atoms with Crippen LogP contribution in [0.5, 0.6) is 0 Å². The molecule has 1 atom stereocenters. The largest absolute Gasteiger partial charge is 0.366 e. The summed E-state index contributed by atoms with van der Waals surface area (Å²) in [6, 6.07) is 3.71. The van der Waals surface area contributed by atoms with Crippen molar-refractivity contribution < 1.29 is 4.79 Å². The molecular formula is C11H18N4O. The van der Waals surface area contributed by atoms with Crippen LogP contribution in [0.15, 0.2) is 12.1 Å². The number of hydrogen-bond donors (Lipinski definition) is 2. The molecule has 5 nitrogen and oxygen atoms in total. The van der Waals surface area contributed by atoms with E-state index in [-0.39, 0.29) is 5.69 Å². The van der Waals surface area contributed by atoms with Crippen molar-refractivity contribution in [2.24, 2.45) is 5.73 Å². The van der Waals surface area contributed by atoms with E-state index in [2.05, 4.69) is 29.4 Å². The summed E-state index contributed by atoms with van der Waals surface area (Å²) in [6.45, 7) is 4.27. The van der Waals surface area contributed by atoms with Gasteiger partial charge in [-0.15, -0.1) is 10.2 Å². The second-order valence-corrected chi connectivity index (χ2v) is 3.71. The third-order valence-corrected chi connectivity index (χ3v) is 2.40. The Morgan fingerprint density at radius 3 is 2.62 bits per heavy atom. The van der Waals surface area contributed by atoms with Gasteiger partial charge in [-0.2, -0.15) is 0 Å². The standard InChI is InChI=1S/C11H18N4O/c1-3-5-8(4-2)13-10-7-6-9(11(12)16)14-15-10/h6-8H,3-5H2,1-2H3,(H2,12,16)(H,13,15). The van der Waals surface area contributed by atoms with E-state index in [9.17, 15) is 4.79 Å². The highest BCUT2D eigenvalue weighted by Crippen LogP contribution is 2.09. The minimum absolute atomic E-state index is 0.189. The highest BCUT2D eigenvalue weighted by Gasteiger charge is 2.07. The van der Waals surface area contributed by atoms with Gasteiger partial charge < -0.3 is 11.1 Å². The quantitative estimate of drug-likeness (QED) is 0.765. The lowest BCUT2D eigenvalue weighted by Gasteiger charge is -2.15. The predicted molar refractivity (Wildman–Crippen MR) is 63.2 cm³/mol. The minimum atomic E-state index is -0.556. The van der Waals surface area contributed by atoms with Crippen LogP contribution in [0, 0.1) is 0 Å². The highest BCUT2D eigenvalue weighted by molar-refractivity contribution is 5.90.